The predicted molar refractivity (Wildman–Crippen MR) is 89.2 cm³/mol. The van der Waals surface area contributed by atoms with E-state index in [1.54, 1.807) is 16.9 Å². The van der Waals surface area contributed by atoms with E-state index in [0.717, 1.165) is 10.2 Å². The van der Waals surface area contributed by atoms with Gasteiger partial charge in [-0.2, -0.15) is 10.2 Å². The lowest BCUT2D eigenvalue weighted by atomic mass is 10.2. The lowest BCUT2D eigenvalue weighted by Crippen LogP contribution is -2.12. The van der Waals surface area contributed by atoms with Crippen molar-refractivity contribution in [2.45, 2.75) is 37.8 Å². The maximum atomic E-state index is 12.5. The number of aromatic nitrogens is 4. The highest BCUT2D eigenvalue weighted by Crippen LogP contribution is 2.23. The van der Waals surface area contributed by atoms with E-state index in [0.29, 0.717) is 5.39 Å². The maximum absolute atomic E-state index is 12.5. The second kappa shape index (κ2) is 6.43. The van der Waals surface area contributed by atoms with Crippen molar-refractivity contribution in [1.82, 2.24) is 19.6 Å². The number of alkyl halides is 2. The highest BCUT2D eigenvalue weighted by molar-refractivity contribution is 7.92. The van der Waals surface area contributed by atoms with E-state index in [1.807, 2.05) is 13.8 Å². The summed E-state index contributed by atoms with van der Waals surface area (Å²) in [6, 6.07) is 4.85. The van der Waals surface area contributed by atoms with E-state index < -0.39 is 23.0 Å². The monoisotopic (exact) mass is 369 g/mol. The molecule has 25 heavy (non-hydrogen) atoms. The Bertz CT molecular complexity index is 994. The summed E-state index contributed by atoms with van der Waals surface area (Å²) in [6.07, 6.45) is 1.45. The first-order valence-electron chi connectivity index (χ1n) is 7.57. The van der Waals surface area contributed by atoms with Crippen LogP contribution in [0.4, 0.5) is 14.5 Å². The zero-order chi connectivity index (χ0) is 18.2. The SMILES string of the molecule is CC(C)n1ncc2cc(S(=O)(=O)Nc3cnn(CC(F)F)c3)ccc21. The van der Waals surface area contributed by atoms with Crippen molar-refractivity contribution in [3.05, 3.63) is 36.8 Å². The minimum absolute atomic E-state index is 0.0601. The first-order chi connectivity index (χ1) is 11.8. The summed E-state index contributed by atoms with van der Waals surface area (Å²) in [5, 5.41) is 8.65. The molecule has 134 valence electrons. The third kappa shape index (κ3) is 3.63. The van der Waals surface area contributed by atoms with E-state index in [2.05, 4.69) is 14.9 Å². The zero-order valence-electron chi connectivity index (χ0n) is 13.6. The molecule has 2 aromatic heterocycles. The number of nitrogens with one attached hydrogen (secondary N) is 1. The summed E-state index contributed by atoms with van der Waals surface area (Å²) in [5.74, 6) is 0. The van der Waals surface area contributed by atoms with Crippen molar-refractivity contribution in [2.75, 3.05) is 4.72 Å². The number of hydrogen-bond donors (Lipinski definition) is 1. The molecule has 0 spiro atoms. The summed E-state index contributed by atoms with van der Waals surface area (Å²) in [7, 11) is -3.86. The van der Waals surface area contributed by atoms with Gasteiger partial charge in [0.15, 0.2) is 0 Å². The number of halogens is 2. The minimum Gasteiger partial charge on any atom is -0.276 e. The van der Waals surface area contributed by atoms with Gasteiger partial charge in [0.25, 0.3) is 16.4 Å². The van der Waals surface area contributed by atoms with E-state index in [-0.39, 0.29) is 16.6 Å². The molecule has 2 heterocycles. The molecular formula is C15H17F2N5O2S. The number of sulfonamides is 1. The van der Waals surface area contributed by atoms with Crippen molar-refractivity contribution < 1.29 is 17.2 Å². The second-order valence-electron chi connectivity index (χ2n) is 5.85. The Hall–Kier alpha value is -2.49. The number of rotatable bonds is 6. The quantitative estimate of drug-likeness (QED) is 0.724. The lowest BCUT2D eigenvalue weighted by Gasteiger charge is -2.08. The summed E-state index contributed by atoms with van der Waals surface area (Å²) in [5.41, 5.74) is 0.956. The van der Waals surface area contributed by atoms with Crippen LogP contribution in [-0.4, -0.2) is 34.4 Å². The molecule has 3 rings (SSSR count). The van der Waals surface area contributed by atoms with Gasteiger partial charge in [-0.05, 0) is 32.0 Å². The van der Waals surface area contributed by atoms with Crippen molar-refractivity contribution >= 4 is 26.6 Å². The molecule has 0 amide bonds. The molecule has 0 fully saturated rings. The second-order valence-corrected chi connectivity index (χ2v) is 7.53. The largest absolute Gasteiger partial charge is 0.276 e. The van der Waals surface area contributed by atoms with Crippen LogP contribution < -0.4 is 4.72 Å². The van der Waals surface area contributed by atoms with Crippen LogP contribution in [0.1, 0.15) is 19.9 Å². The van der Waals surface area contributed by atoms with Crippen LogP contribution in [0.3, 0.4) is 0 Å². The highest BCUT2D eigenvalue weighted by atomic mass is 32.2. The van der Waals surface area contributed by atoms with Gasteiger partial charge in [-0.25, -0.2) is 17.2 Å². The molecule has 10 heteroatoms. The van der Waals surface area contributed by atoms with Crippen LogP contribution in [0, 0.1) is 0 Å². The highest BCUT2D eigenvalue weighted by Gasteiger charge is 2.17. The van der Waals surface area contributed by atoms with Gasteiger partial charge in [0, 0.05) is 17.6 Å². The Kier molecular flexibility index (Phi) is 4.46. The van der Waals surface area contributed by atoms with Crippen LogP contribution in [0.2, 0.25) is 0 Å². The van der Waals surface area contributed by atoms with Crippen molar-refractivity contribution in [3.8, 4) is 0 Å². The molecule has 3 aromatic rings. The van der Waals surface area contributed by atoms with Gasteiger partial charge >= 0.3 is 0 Å². The molecule has 0 aliphatic carbocycles. The average molecular weight is 369 g/mol. The molecule has 0 saturated heterocycles. The van der Waals surface area contributed by atoms with Gasteiger partial charge in [0.1, 0.15) is 6.54 Å². The first-order valence-corrected chi connectivity index (χ1v) is 9.05. The Morgan fingerprint density at radius 3 is 2.64 bits per heavy atom. The van der Waals surface area contributed by atoms with Gasteiger partial charge in [0.2, 0.25) is 0 Å². The average Bonchev–Trinajstić information content (AvgIpc) is 3.12. The normalized spacial score (nSPS) is 12.4. The fourth-order valence-electron chi connectivity index (χ4n) is 2.48. The molecule has 0 aliphatic heterocycles. The van der Waals surface area contributed by atoms with E-state index >= 15 is 0 Å². The van der Waals surface area contributed by atoms with E-state index in [1.165, 1.54) is 24.5 Å². The fourth-order valence-corrected chi connectivity index (χ4v) is 3.54. The smallest absolute Gasteiger partial charge is 0.262 e. The molecule has 1 aromatic carbocycles. The van der Waals surface area contributed by atoms with Crippen LogP contribution in [0.15, 0.2) is 41.7 Å². The lowest BCUT2D eigenvalue weighted by molar-refractivity contribution is 0.122. The fraction of sp³-hybridized carbons (Fsp3) is 0.333. The Labute approximate surface area is 143 Å². The summed E-state index contributed by atoms with van der Waals surface area (Å²) in [4.78, 5) is 0.0601. The van der Waals surface area contributed by atoms with Crippen molar-refractivity contribution in [2.24, 2.45) is 0 Å². The standard InChI is InChI=1S/C15H17F2N5O2S/c1-10(2)22-14-4-3-13(5-11(14)6-19-22)25(23,24)20-12-7-18-21(8-12)9-15(16)17/h3-8,10,15,20H,9H2,1-2H3. The molecule has 0 bridgehead atoms. The number of benzene rings is 1. The van der Waals surface area contributed by atoms with Crippen molar-refractivity contribution in [1.29, 1.82) is 0 Å². The molecule has 0 saturated carbocycles. The van der Waals surface area contributed by atoms with Gasteiger partial charge in [-0.3, -0.25) is 14.1 Å². The number of fused-ring (bicyclic) bond motifs is 1. The Morgan fingerprint density at radius 1 is 1.20 bits per heavy atom. The topological polar surface area (TPSA) is 81.8 Å². The van der Waals surface area contributed by atoms with E-state index in [4.69, 9.17) is 0 Å². The zero-order valence-corrected chi connectivity index (χ0v) is 14.4. The molecule has 0 radical (unpaired) electrons. The van der Waals surface area contributed by atoms with Gasteiger partial charge in [-0.15, -0.1) is 0 Å². The molecule has 0 aliphatic rings. The molecule has 1 N–H and O–H groups in total. The Morgan fingerprint density at radius 2 is 1.96 bits per heavy atom. The Balaban J connectivity index is 1.87. The van der Waals surface area contributed by atoms with Gasteiger partial charge < -0.3 is 0 Å². The van der Waals surface area contributed by atoms with Gasteiger partial charge in [-0.1, -0.05) is 0 Å². The van der Waals surface area contributed by atoms with Crippen LogP contribution in [-0.2, 0) is 16.6 Å². The van der Waals surface area contributed by atoms with Crippen LogP contribution in [0.5, 0.6) is 0 Å². The van der Waals surface area contributed by atoms with E-state index in [9.17, 15) is 17.2 Å². The molecule has 0 unspecified atom stereocenters. The van der Waals surface area contributed by atoms with Crippen LogP contribution in [0.25, 0.3) is 10.9 Å². The number of anilines is 1. The number of hydrogen-bond acceptors (Lipinski definition) is 4. The predicted octanol–water partition coefficient (Wildman–Crippen LogP) is 2.88. The maximum Gasteiger partial charge on any atom is 0.262 e. The number of nitrogens with zero attached hydrogens (tertiary/aromatic N) is 4. The summed E-state index contributed by atoms with van der Waals surface area (Å²) in [6.45, 7) is 3.37. The minimum atomic E-state index is -3.86. The van der Waals surface area contributed by atoms with Crippen molar-refractivity contribution in [3.63, 3.8) is 0 Å². The molecule has 7 nitrogen and oxygen atoms in total. The third-order valence-electron chi connectivity index (χ3n) is 3.58. The van der Waals surface area contributed by atoms with Gasteiger partial charge in [0.05, 0.1) is 28.5 Å². The molecular weight excluding hydrogens is 352 g/mol. The summed E-state index contributed by atoms with van der Waals surface area (Å²) < 4.78 is 54.8. The third-order valence-corrected chi connectivity index (χ3v) is 4.96. The van der Waals surface area contributed by atoms with Crippen LogP contribution >= 0.6 is 0 Å². The first kappa shape index (κ1) is 17.3. The summed E-state index contributed by atoms with van der Waals surface area (Å²) >= 11 is 0. The molecule has 0 atom stereocenters.